The number of anilines is 1. The number of nitrogens with zero attached hydrogens (tertiary/aromatic N) is 3. The zero-order valence-corrected chi connectivity index (χ0v) is 15.8. The zero-order valence-electron chi connectivity index (χ0n) is 14.2. The summed E-state index contributed by atoms with van der Waals surface area (Å²) in [5.74, 6) is 0. The highest BCUT2D eigenvalue weighted by atomic mass is 35.5. The Kier molecular flexibility index (Phi) is 4.76. The second-order valence-corrected chi connectivity index (χ2v) is 7.57. The molecular formula is C18H12ClN5O3S. The van der Waals surface area contributed by atoms with E-state index in [1.54, 1.807) is 42.6 Å². The predicted molar refractivity (Wildman–Crippen MR) is 109 cm³/mol. The number of nitrogens with one attached hydrogen (secondary N) is 2. The minimum absolute atomic E-state index is 0.0924. The molecule has 0 bridgehead atoms. The molecule has 0 fully saturated rings. The Labute approximate surface area is 167 Å². The van der Waals surface area contributed by atoms with Crippen molar-refractivity contribution in [3.8, 4) is 11.3 Å². The van der Waals surface area contributed by atoms with Gasteiger partial charge >= 0.3 is 0 Å². The lowest BCUT2D eigenvalue weighted by Crippen LogP contribution is -2.09. The number of thiazole rings is 1. The summed E-state index contributed by atoms with van der Waals surface area (Å²) >= 11 is 7.11. The van der Waals surface area contributed by atoms with Crippen LogP contribution in [0.5, 0.6) is 0 Å². The highest BCUT2D eigenvalue weighted by molar-refractivity contribution is 7.15. The van der Waals surface area contributed by atoms with E-state index in [0.717, 1.165) is 4.88 Å². The maximum Gasteiger partial charge on any atom is 0.293 e. The van der Waals surface area contributed by atoms with Crippen LogP contribution in [-0.4, -0.2) is 20.1 Å². The number of rotatable bonds is 5. The maximum atomic E-state index is 12.0. The molecule has 2 aromatic heterocycles. The molecule has 0 radical (unpaired) electrons. The highest BCUT2D eigenvalue weighted by Gasteiger charge is 2.18. The number of nitro benzene ring substituents is 1. The SMILES string of the molecule is O=c1[nH]nc(-c2ccc(NCc3cnc(Cl)s3)c([N+](=O)[O-])c2)c2ccccc12. The molecule has 0 saturated heterocycles. The van der Waals surface area contributed by atoms with E-state index >= 15 is 0 Å². The first-order valence-corrected chi connectivity index (χ1v) is 9.32. The molecule has 4 aromatic rings. The summed E-state index contributed by atoms with van der Waals surface area (Å²) in [5, 5.41) is 22.3. The molecule has 0 unspecified atom stereocenters. The van der Waals surface area contributed by atoms with Crippen molar-refractivity contribution in [1.29, 1.82) is 0 Å². The van der Waals surface area contributed by atoms with Crippen LogP contribution in [0.4, 0.5) is 11.4 Å². The largest absolute Gasteiger partial charge is 0.375 e. The van der Waals surface area contributed by atoms with Crippen molar-refractivity contribution in [3.05, 3.63) is 78.5 Å². The van der Waals surface area contributed by atoms with Gasteiger partial charge in [0, 0.05) is 28.1 Å². The molecule has 2 N–H and O–H groups in total. The van der Waals surface area contributed by atoms with Crippen molar-refractivity contribution >= 4 is 45.1 Å². The molecule has 0 aliphatic rings. The quantitative estimate of drug-likeness (QED) is 0.374. The fourth-order valence-corrected chi connectivity index (χ4v) is 3.78. The first-order valence-electron chi connectivity index (χ1n) is 8.13. The standard InChI is InChI=1S/C18H12ClN5O3S/c19-18-21-9-11(28-18)8-20-14-6-5-10(7-15(14)24(26)27)16-12-3-1-2-4-13(12)17(25)23-22-16/h1-7,9,20H,8H2,(H,23,25). The number of aromatic nitrogens is 3. The molecule has 0 saturated carbocycles. The minimum atomic E-state index is -0.459. The van der Waals surface area contributed by atoms with Crippen LogP contribution in [0, 0.1) is 10.1 Å². The van der Waals surface area contributed by atoms with E-state index < -0.39 is 4.92 Å². The summed E-state index contributed by atoms with van der Waals surface area (Å²) in [6, 6.07) is 11.8. The van der Waals surface area contributed by atoms with Crippen LogP contribution < -0.4 is 10.9 Å². The Balaban J connectivity index is 1.74. The normalized spacial score (nSPS) is 10.9. The molecule has 4 rings (SSSR count). The third kappa shape index (κ3) is 3.45. The van der Waals surface area contributed by atoms with Gasteiger partial charge in [-0.15, -0.1) is 11.3 Å². The number of aromatic amines is 1. The van der Waals surface area contributed by atoms with E-state index in [9.17, 15) is 14.9 Å². The van der Waals surface area contributed by atoms with E-state index in [4.69, 9.17) is 11.6 Å². The van der Waals surface area contributed by atoms with E-state index in [-0.39, 0.29) is 11.2 Å². The lowest BCUT2D eigenvalue weighted by molar-refractivity contribution is -0.383. The molecule has 8 nitrogen and oxygen atoms in total. The fraction of sp³-hybridized carbons (Fsp3) is 0.0556. The van der Waals surface area contributed by atoms with E-state index in [1.165, 1.54) is 17.4 Å². The molecule has 2 aromatic carbocycles. The van der Waals surface area contributed by atoms with Gasteiger partial charge in [-0.05, 0) is 12.1 Å². The Hall–Kier alpha value is -3.30. The van der Waals surface area contributed by atoms with Crippen molar-refractivity contribution in [2.45, 2.75) is 6.54 Å². The fourth-order valence-electron chi connectivity index (χ4n) is 2.86. The van der Waals surface area contributed by atoms with Crippen LogP contribution in [0.1, 0.15) is 4.88 Å². The highest BCUT2D eigenvalue weighted by Crippen LogP contribution is 2.32. The van der Waals surface area contributed by atoms with Gasteiger partial charge in [0.15, 0.2) is 4.47 Å². The summed E-state index contributed by atoms with van der Waals surface area (Å²) in [6.07, 6.45) is 1.62. The second-order valence-electron chi connectivity index (χ2n) is 5.87. The average Bonchev–Trinajstić information content (AvgIpc) is 3.12. The molecule has 0 amide bonds. The van der Waals surface area contributed by atoms with Gasteiger partial charge < -0.3 is 5.32 Å². The van der Waals surface area contributed by atoms with Crippen molar-refractivity contribution in [1.82, 2.24) is 15.2 Å². The monoisotopic (exact) mass is 413 g/mol. The predicted octanol–water partition coefficient (Wildman–Crippen LogP) is 4.22. The Bertz CT molecular complexity index is 1250. The summed E-state index contributed by atoms with van der Waals surface area (Å²) in [6.45, 7) is 0.365. The van der Waals surface area contributed by atoms with Crippen LogP contribution >= 0.6 is 22.9 Å². The molecule has 10 heteroatoms. The zero-order chi connectivity index (χ0) is 19.7. The Morgan fingerprint density at radius 2 is 2.00 bits per heavy atom. The van der Waals surface area contributed by atoms with Gasteiger partial charge in [0.1, 0.15) is 5.69 Å². The van der Waals surface area contributed by atoms with Gasteiger partial charge in [-0.2, -0.15) is 5.10 Å². The lowest BCUT2D eigenvalue weighted by atomic mass is 10.0. The van der Waals surface area contributed by atoms with Gasteiger partial charge in [-0.25, -0.2) is 10.1 Å². The number of hydrogen-bond acceptors (Lipinski definition) is 7. The van der Waals surface area contributed by atoms with Gasteiger partial charge in [0.05, 0.1) is 22.5 Å². The average molecular weight is 414 g/mol. The molecule has 0 spiro atoms. The van der Waals surface area contributed by atoms with Gasteiger partial charge in [-0.1, -0.05) is 35.9 Å². The number of halogens is 1. The van der Waals surface area contributed by atoms with Crippen LogP contribution in [-0.2, 0) is 6.54 Å². The summed E-state index contributed by atoms with van der Waals surface area (Å²) in [5.41, 5.74) is 0.970. The molecule has 2 heterocycles. The van der Waals surface area contributed by atoms with Crippen molar-refractivity contribution < 1.29 is 4.92 Å². The third-order valence-electron chi connectivity index (χ3n) is 4.14. The van der Waals surface area contributed by atoms with Crippen LogP contribution in [0.25, 0.3) is 22.0 Å². The molecule has 140 valence electrons. The van der Waals surface area contributed by atoms with Crippen LogP contribution in [0.2, 0.25) is 4.47 Å². The molecular weight excluding hydrogens is 402 g/mol. The van der Waals surface area contributed by atoms with E-state index in [1.807, 2.05) is 0 Å². The molecule has 0 aliphatic heterocycles. The maximum absolute atomic E-state index is 12.0. The number of H-pyrrole nitrogens is 1. The molecule has 0 aliphatic carbocycles. The third-order valence-corrected chi connectivity index (χ3v) is 5.26. The smallest absolute Gasteiger partial charge is 0.293 e. The van der Waals surface area contributed by atoms with Crippen molar-refractivity contribution in [3.63, 3.8) is 0 Å². The van der Waals surface area contributed by atoms with Gasteiger partial charge in [-0.3, -0.25) is 14.9 Å². The first kappa shape index (κ1) is 18.1. The second kappa shape index (κ2) is 7.37. The molecule has 0 atom stereocenters. The number of hydrogen-bond donors (Lipinski definition) is 2. The first-order chi connectivity index (χ1) is 13.5. The van der Waals surface area contributed by atoms with Crippen LogP contribution in [0.3, 0.4) is 0 Å². The number of fused-ring (bicyclic) bond motifs is 1. The number of nitro groups is 1. The van der Waals surface area contributed by atoms with E-state index in [2.05, 4.69) is 20.5 Å². The summed E-state index contributed by atoms with van der Waals surface area (Å²) in [4.78, 5) is 27.9. The van der Waals surface area contributed by atoms with Crippen molar-refractivity contribution in [2.24, 2.45) is 0 Å². The minimum Gasteiger partial charge on any atom is -0.375 e. The van der Waals surface area contributed by atoms with Crippen molar-refractivity contribution in [2.75, 3.05) is 5.32 Å². The van der Waals surface area contributed by atoms with Gasteiger partial charge in [0.2, 0.25) is 0 Å². The summed E-state index contributed by atoms with van der Waals surface area (Å²) < 4.78 is 0.415. The topological polar surface area (TPSA) is 114 Å². The Morgan fingerprint density at radius 1 is 1.21 bits per heavy atom. The summed E-state index contributed by atoms with van der Waals surface area (Å²) in [7, 11) is 0. The number of benzene rings is 2. The van der Waals surface area contributed by atoms with Gasteiger partial charge in [0.25, 0.3) is 11.2 Å². The molecule has 28 heavy (non-hydrogen) atoms. The van der Waals surface area contributed by atoms with Crippen LogP contribution in [0.15, 0.2) is 53.5 Å². The van der Waals surface area contributed by atoms with E-state index in [0.29, 0.717) is 38.7 Å². The lowest BCUT2D eigenvalue weighted by Gasteiger charge is -2.09. The Morgan fingerprint density at radius 3 is 2.71 bits per heavy atom.